The number of thiazole rings is 1. The summed E-state index contributed by atoms with van der Waals surface area (Å²) in [5.74, 6) is 0.0792. The fourth-order valence-corrected chi connectivity index (χ4v) is 2.82. The Bertz CT molecular complexity index is 622. The van der Waals surface area contributed by atoms with E-state index in [9.17, 15) is 9.59 Å². The second-order valence-electron chi connectivity index (χ2n) is 3.93. The molecule has 0 unspecified atom stereocenters. The lowest BCUT2D eigenvalue weighted by Crippen LogP contribution is -2.32. The van der Waals surface area contributed by atoms with E-state index in [1.54, 1.807) is 0 Å². The molecule has 0 aliphatic rings. The minimum absolute atomic E-state index is 0.336. The zero-order chi connectivity index (χ0) is 14.0. The Balaban J connectivity index is 2.45. The second-order valence-corrected chi connectivity index (χ2v) is 4.94. The first-order valence-corrected chi connectivity index (χ1v) is 6.69. The highest BCUT2D eigenvalue weighted by Crippen LogP contribution is 2.31. The minimum atomic E-state index is -0.336. The molecule has 2 aromatic rings. The fraction of sp³-hybridized carbons (Fsp3) is 0.308. The van der Waals surface area contributed by atoms with Crippen molar-refractivity contribution in [3.63, 3.8) is 0 Å². The number of hydrogen-bond acceptors (Lipinski definition) is 5. The fourth-order valence-electron chi connectivity index (χ4n) is 1.74. The molecule has 2 amide bonds. The molecule has 0 atom stereocenters. The number of ether oxygens (including phenoxy) is 1. The van der Waals surface area contributed by atoms with Crippen molar-refractivity contribution in [2.24, 2.45) is 0 Å². The van der Waals surface area contributed by atoms with Crippen LogP contribution in [0.3, 0.4) is 0 Å². The number of benzene rings is 1. The maximum Gasteiger partial charge on any atom is 0.232 e. The molecule has 2 rings (SSSR count). The van der Waals surface area contributed by atoms with E-state index in [0.717, 1.165) is 20.9 Å². The molecule has 5 nitrogen and oxygen atoms in total. The summed E-state index contributed by atoms with van der Waals surface area (Å²) in [6.07, 6.45) is 0. The molecular formula is C13H14N2O3S. The number of carbonyl (C=O) groups is 2. The van der Waals surface area contributed by atoms with E-state index in [0.29, 0.717) is 11.7 Å². The smallest absolute Gasteiger partial charge is 0.232 e. The van der Waals surface area contributed by atoms with Crippen molar-refractivity contribution in [3.05, 3.63) is 18.2 Å². The Labute approximate surface area is 114 Å². The molecule has 6 heteroatoms. The first-order chi connectivity index (χ1) is 9.02. The normalized spacial score (nSPS) is 10.5. The van der Waals surface area contributed by atoms with Gasteiger partial charge in [-0.15, -0.1) is 0 Å². The largest absolute Gasteiger partial charge is 0.494 e. The highest BCUT2D eigenvalue weighted by atomic mass is 32.1. The Morgan fingerprint density at radius 2 is 2.00 bits per heavy atom. The molecule has 0 bridgehead atoms. The maximum atomic E-state index is 11.5. The number of amides is 2. The lowest BCUT2D eigenvalue weighted by atomic mass is 10.3. The Hall–Kier alpha value is -1.95. The van der Waals surface area contributed by atoms with Gasteiger partial charge in [-0.2, -0.15) is 0 Å². The first kappa shape index (κ1) is 13.5. The monoisotopic (exact) mass is 278 g/mol. The third-order valence-corrected chi connectivity index (χ3v) is 3.48. The third-order valence-electron chi connectivity index (χ3n) is 2.48. The van der Waals surface area contributed by atoms with Gasteiger partial charge in [0, 0.05) is 13.8 Å². The summed E-state index contributed by atoms with van der Waals surface area (Å²) >= 11 is 1.30. The summed E-state index contributed by atoms with van der Waals surface area (Å²) in [5.41, 5.74) is 0.746. The topological polar surface area (TPSA) is 59.5 Å². The zero-order valence-electron chi connectivity index (χ0n) is 11.0. The van der Waals surface area contributed by atoms with Crippen molar-refractivity contribution in [2.75, 3.05) is 11.5 Å². The Morgan fingerprint density at radius 1 is 1.32 bits per heavy atom. The standard InChI is InChI=1S/C13H14N2O3S/c1-4-18-10-5-6-11-12(7-10)19-13(14-11)15(8(2)16)9(3)17/h5-7H,4H2,1-3H3. The third kappa shape index (κ3) is 2.73. The molecule has 1 heterocycles. The summed E-state index contributed by atoms with van der Waals surface area (Å²) in [4.78, 5) is 28.3. The highest BCUT2D eigenvalue weighted by Gasteiger charge is 2.20. The van der Waals surface area contributed by atoms with E-state index < -0.39 is 0 Å². The lowest BCUT2D eigenvalue weighted by molar-refractivity contribution is -0.124. The number of imide groups is 1. The van der Waals surface area contributed by atoms with Crippen LogP contribution in [-0.4, -0.2) is 23.4 Å². The van der Waals surface area contributed by atoms with Gasteiger partial charge in [-0.25, -0.2) is 9.88 Å². The van der Waals surface area contributed by atoms with Gasteiger partial charge in [0.15, 0.2) is 5.13 Å². The summed E-state index contributed by atoms with van der Waals surface area (Å²) < 4.78 is 6.29. The molecule has 0 saturated carbocycles. The molecule has 1 aromatic carbocycles. The van der Waals surface area contributed by atoms with Crippen LogP contribution in [0.15, 0.2) is 18.2 Å². The lowest BCUT2D eigenvalue weighted by Gasteiger charge is -2.12. The summed E-state index contributed by atoms with van der Waals surface area (Å²) in [5, 5.41) is 0.392. The number of anilines is 1. The van der Waals surface area contributed by atoms with Crippen LogP contribution in [0.1, 0.15) is 20.8 Å². The van der Waals surface area contributed by atoms with Gasteiger partial charge in [0.05, 0.1) is 16.8 Å². The van der Waals surface area contributed by atoms with E-state index in [4.69, 9.17) is 4.74 Å². The summed E-state index contributed by atoms with van der Waals surface area (Å²) in [6, 6.07) is 5.50. The molecule has 0 fully saturated rings. The van der Waals surface area contributed by atoms with Crippen molar-refractivity contribution in [2.45, 2.75) is 20.8 Å². The maximum absolute atomic E-state index is 11.5. The number of hydrogen-bond donors (Lipinski definition) is 0. The van der Waals surface area contributed by atoms with Gasteiger partial charge in [-0.3, -0.25) is 9.59 Å². The Kier molecular flexibility index (Phi) is 3.80. The molecule has 100 valence electrons. The van der Waals surface area contributed by atoms with E-state index >= 15 is 0 Å². The summed E-state index contributed by atoms with van der Waals surface area (Å²) in [6.45, 7) is 5.19. The van der Waals surface area contributed by atoms with Gasteiger partial charge in [0.25, 0.3) is 0 Å². The second kappa shape index (κ2) is 5.36. The van der Waals surface area contributed by atoms with E-state index in [1.165, 1.54) is 25.2 Å². The molecule has 19 heavy (non-hydrogen) atoms. The van der Waals surface area contributed by atoms with Gasteiger partial charge in [0.1, 0.15) is 5.75 Å². The van der Waals surface area contributed by atoms with Crippen LogP contribution in [-0.2, 0) is 9.59 Å². The van der Waals surface area contributed by atoms with Crippen LogP contribution < -0.4 is 9.64 Å². The number of aromatic nitrogens is 1. The zero-order valence-corrected chi connectivity index (χ0v) is 11.8. The molecule has 0 N–H and O–H groups in total. The summed E-state index contributed by atoms with van der Waals surface area (Å²) in [7, 11) is 0. The SMILES string of the molecule is CCOc1ccc2nc(N(C(C)=O)C(C)=O)sc2c1. The van der Waals surface area contributed by atoms with Crippen LogP contribution in [0.4, 0.5) is 5.13 Å². The molecular weight excluding hydrogens is 264 g/mol. The molecule has 1 aromatic heterocycles. The van der Waals surface area contributed by atoms with Crippen molar-refractivity contribution in [1.82, 2.24) is 4.98 Å². The first-order valence-electron chi connectivity index (χ1n) is 5.87. The molecule has 0 radical (unpaired) electrons. The van der Waals surface area contributed by atoms with Gasteiger partial charge < -0.3 is 4.74 Å². The van der Waals surface area contributed by atoms with Crippen molar-refractivity contribution in [1.29, 1.82) is 0 Å². The predicted molar refractivity (Wildman–Crippen MR) is 74.6 cm³/mol. The number of carbonyl (C=O) groups excluding carboxylic acids is 2. The van der Waals surface area contributed by atoms with Gasteiger partial charge in [-0.05, 0) is 25.1 Å². The molecule has 0 aliphatic heterocycles. The number of nitrogens with zero attached hydrogens (tertiary/aromatic N) is 2. The number of rotatable bonds is 3. The van der Waals surface area contributed by atoms with E-state index in [1.807, 2.05) is 25.1 Å². The van der Waals surface area contributed by atoms with Crippen LogP contribution in [0.5, 0.6) is 5.75 Å². The van der Waals surface area contributed by atoms with Gasteiger partial charge >= 0.3 is 0 Å². The van der Waals surface area contributed by atoms with Crippen molar-refractivity contribution >= 4 is 38.5 Å². The minimum Gasteiger partial charge on any atom is -0.494 e. The Morgan fingerprint density at radius 3 is 2.58 bits per heavy atom. The molecule has 0 spiro atoms. The van der Waals surface area contributed by atoms with Crippen LogP contribution in [0.25, 0.3) is 10.2 Å². The van der Waals surface area contributed by atoms with Gasteiger partial charge in [0.2, 0.25) is 11.8 Å². The van der Waals surface area contributed by atoms with Crippen molar-refractivity contribution in [3.8, 4) is 5.75 Å². The highest BCUT2D eigenvalue weighted by molar-refractivity contribution is 7.22. The van der Waals surface area contributed by atoms with E-state index in [2.05, 4.69) is 4.98 Å². The van der Waals surface area contributed by atoms with E-state index in [-0.39, 0.29) is 11.8 Å². The predicted octanol–water partition coefficient (Wildman–Crippen LogP) is 2.59. The van der Waals surface area contributed by atoms with Crippen LogP contribution >= 0.6 is 11.3 Å². The van der Waals surface area contributed by atoms with Gasteiger partial charge in [-0.1, -0.05) is 11.3 Å². The average Bonchev–Trinajstić information content (AvgIpc) is 2.70. The quantitative estimate of drug-likeness (QED) is 0.866. The average molecular weight is 278 g/mol. The molecule has 0 aliphatic carbocycles. The van der Waals surface area contributed by atoms with Crippen LogP contribution in [0, 0.1) is 0 Å². The van der Waals surface area contributed by atoms with Crippen LogP contribution in [0.2, 0.25) is 0 Å². The van der Waals surface area contributed by atoms with Crippen molar-refractivity contribution < 1.29 is 14.3 Å². The molecule has 0 saturated heterocycles. The number of fused-ring (bicyclic) bond motifs is 1.